The van der Waals surface area contributed by atoms with Crippen LogP contribution in [0.15, 0.2) is 24.3 Å². The van der Waals surface area contributed by atoms with E-state index in [1.165, 1.54) is 6.07 Å². The fourth-order valence-corrected chi connectivity index (χ4v) is 1.71. The summed E-state index contributed by atoms with van der Waals surface area (Å²) in [5.41, 5.74) is 2.92. The molecular weight excluding hydrogens is 227 g/mol. The van der Waals surface area contributed by atoms with Gasteiger partial charge in [-0.05, 0) is 55.3 Å². The Kier molecular flexibility index (Phi) is 2.88. The summed E-state index contributed by atoms with van der Waals surface area (Å²) >= 11 is 5.77. The molecule has 0 unspecified atom stereocenters. The van der Waals surface area contributed by atoms with Gasteiger partial charge in [-0.3, -0.25) is 0 Å². The molecule has 2 rings (SSSR count). The molecule has 0 saturated carbocycles. The molecule has 0 aliphatic rings. The lowest BCUT2D eigenvalue weighted by Crippen LogP contribution is -1.92. The summed E-state index contributed by atoms with van der Waals surface area (Å²) in [6.07, 6.45) is 0. The number of halogens is 2. The monoisotopic (exact) mass is 236 g/mol. The lowest BCUT2D eigenvalue weighted by atomic mass is 10.1. The Bertz CT molecular complexity index is 520. The summed E-state index contributed by atoms with van der Waals surface area (Å²) in [5.74, 6) is -0.222. The maximum absolute atomic E-state index is 13.1. The smallest absolute Gasteiger partial charge is 0.223 e. The molecule has 82 valence electrons. The Labute approximate surface area is 98.1 Å². The van der Waals surface area contributed by atoms with Crippen LogP contribution in [0.5, 0.6) is 0 Å². The SMILES string of the molecule is Cc1cc(-c2ccc(F)c(C)c2)nc(Cl)n1. The lowest BCUT2D eigenvalue weighted by molar-refractivity contribution is 0.619. The first-order chi connectivity index (χ1) is 7.56. The molecule has 1 aromatic heterocycles. The van der Waals surface area contributed by atoms with Crippen molar-refractivity contribution in [3.05, 3.63) is 46.6 Å². The van der Waals surface area contributed by atoms with Gasteiger partial charge in [0.05, 0.1) is 5.69 Å². The highest BCUT2D eigenvalue weighted by atomic mass is 35.5. The predicted molar refractivity (Wildman–Crippen MR) is 61.9 cm³/mol. The quantitative estimate of drug-likeness (QED) is 0.708. The van der Waals surface area contributed by atoms with Gasteiger partial charge in [0.15, 0.2) is 0 Å². The molecule has 0 atom stereocenters. The fraction of sp³-hybridized carbons (Fsp3) is 0.167. The summed E-state index contributed by atoms with van der Waals surface area (Å²) in [7, 11) is 0. The van der Waals surface area contributed by atoms with Crippen molar-refractivity contribution in [3.63, 3.8) is 0 Å². The van der Waals surface area contributed by atoms with Gasteiger partial charge >= 0.3 is 0 Å². The van der Waals surface area contributed by atoms with E-state index in [1.54, 1.807) is 19.1 Å². The first-order valence-corrected chi connectivity index (χ1v) is 5.22. The molecular formula is C12H10ClFN2. The van der Waals surface area contributed by atoms with Crippen molar-refractivity contribution in [1.82, 2.24) is 9.97 Å². The molecule has 0 aliphatic carbocycles. The molecule has 0 aliphatic heterocycles. The Morgan fingerprint density at radius 3 is 2.50 bits per heavy atom. The van der Waals surface area contributed by atoms with Gasteiger partial charge in [0, 0.05) is 11.3 Å². The number of aryl methyl sites for hydroxylation is 2. The molecule has 0 radical (unpaired) electrons. The molecule has 16 heavy (non-hydrogen) atoms. The number of nitrogens with zero attached hydrogens (tertiary/aromatic N) is 2. The topological polar surface area (TPSA) is 25.8 Å². The van der Waals surface area contributed by atoms with Crippen LogP contribution >= 0.6 is 11.6 Å². The van der Waals surface area contributed by atoms with Gasteiger partial charge in [-0.1, -0.05) is 0 Å². The van der Waals surface area contributed by atoms with E-state index in [1.807, 2.05) is 13.0 Å². The molecule has 0 N–H and O–H groups in total. The number of aromatic nitrogens is 2. The van der Waals surface area contributed by atoms with Crippen LogP contribution in [0.4, 0.5) is 4.39 Å². The van der Waals surface area contributed by atoms with Gasteiger partial charge in [-0.15, -0.1) is 0 Å². The van der Waals surface area contributed by atoms with Crippen molar-refractivity contribution in [2.45, 2.75) is 13.8 Å². The van der Waals surface area contributed by atoms with Crippen molar-refractivity contribution >= 4 is 11.6 Å². The van der Waals surface area contributed by atoms with Crippen LogP contribution in [0.25, 0.3) is 11.3 Å². The average molecular weight is 237 g/mol. The standard InChI is InChI=1S/C12H10ClFN2/c1-7-5-9(3-4-10(7)14)11-6-8(2)15-12(13)16-11/h3-6H,1-2H3. The molecule has 0 amide bonds. The molecule has 0 spiro atoms. The van der Waals surface area contributed by atoms with E-state index >= 15 is 0 Å². The highest BCUT2D eigenvalue weighted by Gasteiger charge is 2.05. The third-order valence-electron chi connectivity index (χ3n) is 2.28. The molecule has 2 aromatic rings. The number of hydrogen-bond donors (Lipinski definition) is 0. The second-order valence-corrected chi connectivity index (χ2v) is 3.97. The van der Waals surface area contributed by atoms with Crippen LogP contribution in [0.2, 0.25) is 5.28 Å². The van der Waals surface area contributed by atoms with Crippen molar-refractivity contribution in [2.75, 3.05) is 0 Å². The Morgan fingerprint density at radius 1 is 1.12 bits per heavy atom. The van der Waals surface area contributed by atoms with E-state index in [2.05, 4.69) is 9.97 Å². The molecule has 1 aromatic carbocycles. The van der Waals surface area contributed by atoms with Gasteiger partial charge in [0.1, 0.15) is 5.82 Å². The summed E-state index contributed by atoms with van der Waals surface area (Å²) in [6.45, 7) is 3.56. The van der Waals surface area contributed by atoms with Crippen molar-refractivity contribution in [1.29, 1.82) is 0 Å². The first-order valence-electron chi connectivity index (χ1n) is 4.84. The highest BCUT2D eigenvalue weighted by molar-refractivity contribution is 6.28. The van der Waals surface area contributed by atoms with E-state index in [9.17, 15) is 4.39 Å². The zero-order chi connectivity index (χ0) is 11.7. The largest absolute Gasteiger partial charge is 0.223 e. The van der Waals surface area contributed by atoms with E-state index in [-0.39, 0.29) is 11.1 Å². The molecule has 2 nitrogen and oxygen atoms in total. The molecule has 0 saturated heterocycles. The summed E-state index contributed by atoms with van der Waals surface area (Å²) in [5, 5.41) is 0.206. The predicted octanol–water partition coefficient (Wildman–Crippen LogP) is 3.55. The van der Waals surface area contributed by atoms with Gasteiger partial charge < -0.3 is 0 Å². The van der Waals surface area contributed by atoms with Crippen molar-refractivity contribution in [3.8, 4) is 11.3 Å². The van der Waals surface area contributed by atoms with Gasteiger partial charge in [-0.25, -0.2) is 14.4 Å². The highest BCUT2D eigenvalue weighted by Crippen LogP contribution is 2.21. The van der Waals surface area contributed by atoms with Gasteiger partial charge in [-0.2, -0.15) is 0 Å². The zero-order valence-corrected chi connectivity index (χ0v) is 9.72. The summed E-state index contributed by atoms with van der Waals surface area (Å²) < 4.78 is 13.1. The average Bonchev–Trinajstić information content (AvgIpc) is 2.20. The number of hydrogen-bond acceptors (Lipinski definition) is 2. The van der Waals surface area contributed by atoms with E-state index in [0.717, 1.165) is 11.3 Å². The second-order valence-electron chi connectivity index (χ2n) is 3.63. The van der Waals surface area contributed by atoms with Crippen molar-refractivity contribution in [2.24, 2.45) is 0 Å². The summed E-state index contributed by atoms with van der Waals surface area (Å²) in [4.78, 5) is 8.09. The Balaban J connectivity index is 2.54. The minimum Gasteiger partial charge on any atom is -0.223 e. The van der Waals surface area contributed by atoms with Crippen LogP contribution in [-0.4, -0.2) is 9.97 Å². The fourth-order valence-electron chi connectivity index (χ4n) is 1.48. The van der Waals surface area contributed by atoms with Crippen LogP contribution in [0.1, 0.15) is 11.3 Å². The van der Waals surface area contributed by atoms with E-state index in [0.29, 0.717) is 11.3 Å². The third kappa shape index (κ3) is 2.19. The van der Waals surface area contributed by atoms with Crippen LogP contribution in [-0.2, 0) is 0 Å². The van der Waals surface area contributed by atoms with Crippen molar-refractivity contribution < 1.29 is 4.39 Å². The van der Waals surface area contributed by atoms with Gasteiger partial charge in [0.25, 0.3) is 0 Å². The Morgan fingerprint density at radius 2 is 1.88 bits per heavy atom. The van der Waals surface area contributed by atoms with Crippen LogP contribution in [0.3, 0.4) is 0 Å². The molecule has 4 heteroatoms. The minimum atomic E-state index is -0.222. The molecule has 0 bridgehead atoms. The number of rotatable bonds is 1. The Hall–Kier alpha value is -1.48. The maximum atomic E-state index is 13.1. The third-order valence-corrected chi connectivity index (χ3v) is 2.45. The molecule has 1 heterocycles. The van der Waals surface area contributed by atoms with Crippen LogP contribution in [0, 0.1) is 19.7 Å². The van der Waals surface area contributed by atoms with E-state index < -0.39 is 0 Å². The summed E-state index contributed by atoms with van der Waals surface area (Å²) in [6, 6.07) is 6.67. The normalized spacial score (nSPS) is 10.5. The van der Waals surface area contributed by atoms with Gasteiger partial charge in [0.2, 0.25) is 5.28 Å². The lowest BCUT2D eigenvalue weighted by Gasteiger charge is -2.04. The molecule has 0 fully saturated rings. The first kappa shape index (κ1) is 11.0. The minimum absolute atomic E-state index is 0.206. The second kappa shape index (κ2) is 4.18. The maximum Gasteiger partial charge on any atom is 0.223 e. The van der Waals surface area contributed by atoms with Crippen LogP contribution < -0.4 is 0 Å². The zero-order valence-electron chi connectivity index (χ0n) is 8.96. The number of benzene rings is 1. The van der Waals surface area contributed by atoms with E-state index in [4.69, 9.17) is 11.6 Å².